The summed E-state index contributed by atoms with van der Waals surface area (Å²) in [6.07, 6.45) is -2.31. The number of hydrogen-bond acceptors (Lipinski definition) is 6. The van der Waals surface area contributed by atoms with Crippen LogP contribution in [0.1, 0.15) is 6.92 Å². The highest BCUT2D eigenvalue weighted by Crippen LogP contribution is 2.10. The number of hydrogen-bond donors (Lipinski definition) is 6. The SMILES string of the molecule is CC(O)(C(=O)NC(N)=O)C(O)C(=O)NC(N)=O. The molecule has 0 aliphatic carbocycles. The Hall–Kier alpha value is -2.20. The van der Waals surface area contributed by atoms with E-state index >= 15 is 0 Å². The van der Waals surface area contributed by atoms with Gasteiger partial charge in [-0.1, -0.05) is 0 Å². The molecule has 0 bridgehead atoms. The van der Waals surface area contributed by atoms with Crippen LogP contribution in [0.4, 0.5) is 9.59 Å². The Morgan fingerprint density at radius 3 is 1.88 bits per heavy atom. The Labute approximate surface area is 94.9 Å². The van der Waals surface area contributed by atoms with Crippen molar-refractivity contribution in [1.82, 2.24) is 10.6 Å². The number of carbonyl (C=O) groups excluding carboxylic acids is 4. The largest absolute Gasteiger partial charge is 0.380 e. The predicted octanol–water partition coefficient (Wildman–Crippen LogP) is -3.51. The molecule has 0 heterocycles. The van der Waals surface area contributed by atoms with E-state index in [-0.39, 0.29) is 0 Å². The number of amides is 6. The van der Waals surface area contributed by atoms with Crippen LogP contribution in [-0.2, 0) is 9.59 Å². The standard InChI is InChI=1S/C7H12N4O6/c1-7(17,4(14)11-6(9)16)2(12)3(13)10-5(8)15/h2,12,17H,1H3,(H3,8,10,13,15)(H3,9,11,14,16). The lowest BCUT2D eigenvalue weighted by atomic mass is 9.97. The zero-order valence-corrected chi connectivity index (χ0v) is 8.76. The molecular formula is C7H12N4O6. The molecule has 10 nitrogen and oxygen atoms in total. The molecule has 2 unspecified atom stereocenters. The Morgan fingerprint density at radius 1 is 1.12 bits per heavy atom. The summed E-state index contributed by atoms with van der Waals surface area (Å²) in [5, 5.41) is 21.7. The third-order valence-corrected chi connectivity index (χ3v) is 1.72. The first-order valence-electron chi connectivity index (χ1n) is 4.20. The van der Waals surface area contributed by atoms with Crippen LogP contribution in [0.3, 0.4) is 0 Å². The van der Waals surface area contributed by atoms with Gasteiger partial charge < -0.3 is 21.7 Å². The van der Waals surface area contributed by atoms with Crippen LogP contribution in [-0.4, -0.2) is 45.8 Å². The van der Waals surface area contributed by atoms with Crippen LogP contribution in [0.5, 0.6) is 0 Å². The summed E-state index contributed by atoms with van der Waals surface area (Å²) in [6.45, 7) is 0.747. The highest BCUT2D eigenvalue weighted by Gasteiger charge is 2.43. The van der Waals surface area contributed by atoms with Crippen molar-refractivity contribution in [1.29, 1.82) is 0 Å². The van der Waals surface area contributed by atoms with E-state index < -0.39 is 35.6 Å². The fraction of sp³-hybridized carbons (Fsp3) is 0.429. The number of carbonyl (C=O) groups is 4. The molecule has 0 aliphatic heterocycles. The lowest BCUT2D eigenvalue weighted by Crippen LogP contribution is -2.60. The van der Waals surface area contributed by atoms with Crippen molar-refractivity contribution in [2.75, 3.05) is 0 Å². The smallest absolute Gasteiger partial charge is 0.318 e. The minimum absolute atomic E-state index is 0.747. The minimum Gasteiger partial charge on any atom is -0.380 e. The summed E-state index contributed by atoms with van der Waals surface area (Å²) in [6, 6.07) is -2.56. The van der Waals surface area contributed by atoms with Crippen molar-refractivity contribution in [2.45, 2.75) is 18.6 Å². The third-order valence-electron chi connectivity index (χ3n) is 1.72. The first kappa shape index (κ1) is 14.8. The summed E-state index contributed by atoms with van der Waals surface area (Å²) in [5.74, 6) is -2.81. The maximum Gasteiger partial charge on any atom is 0.318 e. The number of aliphatic hydroxyl groups is 2. The molecule has 0 radical (unpaired) electrons. The van der Waals surface area contributed by atoms with Crippen molar-refractivity contribution < 1.29 is 29.4 Å². The summed E-state index contributed by atoms with van der Waals surface area (Å²) < 4.78 is 0. The summed E-state index contributed by atoms with van der Waals surface area (Å²) in [5.41, 5.74) is 6.54. The highest BCUT2D eigenvalue weighted by atomic mass is 16.4. The molecule has 0 aliphatic rings. The van der Waals surface area contributed by atoms with Crippen molar-refractivity contribution in [3.8, 4) is 0 Å². The van der Waals surface area contributed by atoms with E-state index in [0.717, 1.165) is 6.92 Å². The van der Waals surface area contributed by atoms with Gasteiger partial charge in [0.1, 0.15) is 0 Å². The number of urea groups is 2. The van der Waals surface area contributed by atoms with Crippen molar-refractivity contribution >= 4 is 23.9 Å². The van der Waals surface area contributed by atoms with Crippen molar-refractivity contribution in [2.24, 2.45) is 11.5 Å². The Bertz CT molecular complexity index is 365. The average Bonchev–Trinajstić information content (AvgIpc) is 2.14. The maximum atomic E-state index is 11.2. The lowest BCUT2D eigenvalue weighted by Gasteiger charge is -2.25. The van der Waals surface area contributed by atoms with E-state index in [1.807, 2.05) is 0 Å². The van der Waals surface area contributed by atoms with Crippen LogP contribution >= 0.6 is 0 Å². The Balaban J connectivity index is 4.80. The number of nitrogens with one attached hydrogen (secondary N) is 2. The van der Waals surface area contributed by atoms with Gasteiger partial charge in [0.05, 0.1) is 0 Å². The van der Waals surface area contributed by atoms with Crippen LogP contribution in [0.2, 0.25) is 0 Å². The zero-order valence-electron chi connectivity index (χ0n) is 8.76. The molecule has 0 rings (SSSR count). The average molecular weight is 248 g/mol. The maximum absolute atomic E-state index is 11.2. The molecule has 0 saturated carbocycles. The van der Waals surface area contributed by atoms with Gasteiger partial charge in [0.15, 0.2) is 11.7 Å². The second kappa shape index (κ2) is 5.23. The van der Waals surface area contributed by atoms with Crippen LogP contribution in [0.15, 0.2) is 0 Å². The van der Waals surface area contributed by atoms with E-state index in [1.54, 1.807) is 0 Å². The molecule has 10 heteroatoms. The molecule has 0 aromatic rings. The Morgan fingerprint density at radius 2 is 1.53 bits per heavy atom. The van der Waals surface area contributed by atoms with Crippen LogP contribution in [0, 0.1) is 0 Å². The number of rotatable bonds is 3. The van der Waals surface area contributed by atoms with Gasteiger partial charge in [-0.15, -0.1) is 0 Å². The van der Waals surface area contributed by atoms with Crippen molar-refractivity contribution in [3.05, 3.63) is 0 Å². The third kappa shape index (κ3) is 4.04. The quantitative estimate of drug-likeness (QED) is 0.300. The zero-order chi connectivity index (χ0) is 13.8. The number of primary amides is 2. The molecular weight excluding hydrogens is 236 g/mol. The van der Waals surface area contributed by atoms with Gasteiger partial charge in [0, 0.05) is 0 Å². The second-order valence-electron chi connectivity index (χ2n) is 3.22. The predicted molar refractivity (Wildman–Crippen MR) is 52.1 cm³/mol. The van der Waals surface area contributed by atoms with Gasteiger partial charge in [0.2, 0.25) is 0 Å². The molecule has 0 spiro atoms. The summed E-state index contributed by atoms with van der Waals surface area (Å²) >= 11 is 0. The fourth-order valence-corrected chi connectivity index (χ4v) is 0.808. The van der Waals surface area contributed by atoms with Gasteiger partial charge in [-0.05, 0) is 6.92 Å². The first-order chi connectivity index (χ1) is 7.59. The van der Waals surface area contributed by atoms with Gasteiger partial charge in [0.25, 0.3) is 11.8 Å². The topological polar surface area (TPSA) is 185 Å². The molecule has 96 valence electrons. The van der Waals surface area contributed by atoms with Crippen molar-refractivity contribution in [3.63, 3.8) is 0 Å². The lowest BCUT2D eigenvalue weighted by molar-refractivity contribution is -0.158. The molecule has 0 aromatic heterocycles. The Kier molecular flexibility index (Phi) is 4.55. The monoisotopic (exact) mass is 248 g/mol. The van der Waals surface area contributed by atoms with Crippen LogP contribution in [0.25, 0.3) is 0 Å². The van der Waals surface area contributed by atoms with Crippen LogP contribution < -0.4 is 22.1 Å². The number of nitrogens with two attached hydrogens (primary N) is 2. The first-order valence-corrected chi connectivity index (χ1v) is 4.20. The van der Waals surface area contributed by atoms with Gasteiger partial charge in [-0.25, -0.2) is 9.59 Å². The van der Waals surface area contributed by atoms with E-state index in [1.165, 1.54) is 10.6 Å². The van der Waals surface area contributed by atoms with E-state index in [9.17, 15) is 29.4 Å². The normalized spacial score (nSPS) is 15.2. The van der Waals surface area contributed by atoms with Gasteiger partial charge >= 0.3 is 12.1 Å². The highest BCUT2D eigenvalue weighted by molar-refractivity contribution is 6.03. The summed E-state index contributed by atoms with van der Waals surface area (Å²) in [7, 11) is 0. The van der Waals surface area contributed by atoms with E-state index in [0.29, 0.717) is 0 Å². The number of imide groups is 2. The molecule has 17 heavy (non-hydrogen) atoms. The van der Waals surface area contributed by atoms with E-state index in [4.69, 9.17) is 0 Å². The molecule has 6 amide bonds. The molecule has 0 fully saturated rings. The minimum atomic E-state index is -2.66. The van der Waals surface area contributed by atoms with E-state index in [2.05, 4.69) is 11.5 Å². The van der Waals surface area contributed by atoms with Gasteiger partial charge in [-0.2, -0.15) is 0 Å². The second-order valence-corrected chi connectivity index (χ2v) is 3.22. The number of aliphatic hydroxyl groups excluding tert-OH is 1. The fourth-order valence-electron chi connectivity index (χ4n) is 0.808. The molecule has 0 saturated heterocycles. The molecule has 2 atom stereocenters. The molecule has 0 aromatic carbocycles. The summed E-state index contributed by atoms with van der Waals surface area (Å²) in [4.78, 5) is 42.9. The van der Waals surface area contributed by atoms with Gasteiger partial charge in [-0.3, -0.25) is 20.2 Å². The molecule has 8 N–H and O–H groups in total.